The maximum atomic E-state index is 12.8. The van der Waals surface area contributed by atoms with E-state index in [2.05, 4.69) is 44.8 Å². The third-order valence-corrected chi connectivity index (χ3v) is 5.50. The molecule has 29 heavy (non-hydrogen) atoms. The van der Waals surface area contributed by atoms with E-state index in [0.29, 0.717) is 18.8 Å². The van der Waals surface area contributed by atoms with Crippen LogP contribution in [0.4, 0.5) is 11.5 Å². The molecule has 0 bridgehead atoms. The zero-order chi connectivity index (χ0) is 20.1. The number of carbonyl (C=O) groups is 2. The Kier molecular flexibility index (Phi) is 6.05. The Bertz CT molecular complexity index is 840. The molecule has 0 saturated carbocycles. The molecule has 3 heterocycles. The average Bonchev–Trinajstić information content (AvgIpc) is 2.75. The van der Waals surface area contributed by atoms with Crippen LogP contribution in [0.1, 0.15) is 18.4 Å². The molecule has 2 aliphatic rings. The van der Waals surface area contributed by atoms with Crippen molar-refractivity contribution in [1.82, 2.24) is 15.2 Å². The van der Waals surface area contributed by atoms with Gasteiger partial charge in [0.1, 0.15) is 5.82 Å². The summed E-state index contributed by atoms with van der Waals surface area (Å²) in [5, 5.41) is 5.81. The number of nitrogens with one attached hydrogen (secondary N) is 2. The standard InChI is InChI=1S/C22H27N5O2/c28-21-16-27(12-10-23-21)20-9-8-19(13-24-20)25-22(29)18-7-4-11-26(15-18)14-17-5-2-1-3-6-17/h1-3,5-6,8-9,13,18H,4,7,10-12,14-16H2,(H,23,28)(H,25,29). The third kappa shape index (κ3) is 5.12. The lowest BCUT2D eigenvalue weighted by Gasteiger charge is -2.32. The quantitative estimate of drug-likeness (QED) is 0.811. The predicted molar refractivity (Wildman–Crippen MR) is 113 cm³/mol. The van der Waals surface area contributed by atoms with Crippen LogP contribution in [0.2, 0.25) is 0 Å². The molecule has 2 saturated heterocycles. The highest BCUT2D eigenvalue weighted by molar-refractivity contribution is 5.92. The number of piperidine rings is 1. The van der Waals surface area contributed by atoms with Gasteiger partial charge in [0.25, 0.3) is 0 Å². The first-order chi connectivity index (χ1) is 14.2. The largest absolute Gasteiger partial charge is 0.353 e. The maximum absolute atomic E-state index is 12.8. The summed E-state index contributed by atoms with van der Waals surface area (Å²) in [6.45, 7) is 4.36. The van der Waals surface area contributed by atoms with E-state index < -0.39 is 0 Å². The molecule has 1 aromatic carbocycles. The van der Waals surface area contributed by atoms with Crippen molar-refractivity contribution in [3.05, 3.63) is 54.2 Å². The van der Waals surface area contributed by atoms with Gasteiger partial charge in [0, 0.05) is 26.2 Å². The molecular formula is C22H27N5O2. The number of hydrogen-bond donors (Lipinski definition) is 2. The predicted octanol–water partition coefficient (Wildman–Crippen LogP) is 1.87. The van der Waals surface area contributed by atoms with Crippen LogP contribution in [0.5, 0.6) is 0 Å². The molecule has 2 amide bonds. The van der Waals surface area contributed by atoms with Gasteiger partial charge in [-0.25, -0.2) is 4.98 Å². The van der Waals surface area contributed by atoms with Gasteiger partial charge in [-0.2, -0.15) is 0 Å². The van der Waals surface area contributed by atoms with E-state index in [-0.39, 0.29) is 17.7 Å². The molecule has 0 radical (unpaired) electrons. The highest BCUT2D eigenvalue weighted by atomic mass is 16.2. The van der Waals surface area contributed by atoms with Crippen LogP contribution in [-0.2, 0) is 16.1 Å². The first-order valence-corrected chi connectivity index (χ1v) is 10.2. The van der Waals surface area contributed by atoms with E-state index in [0.717, 1.165) is 44.8 Å². The van der Waals surface area contributed by atoms with Gasteiger partial charge < -0.3 is 15.5 Å². The number of anilines is 2. The molecule has 4 rings (SSSR count). The molecule has 152 valence electrons. The van der Waals surface area contributed by atoms with E-state index >= 15 is 0 Å². The Labute approximate surface area is 171 Å². The number of benzene rings is 1. The minimum absolute atomic E-state index is 0.00721. The van der Waals surface area contributed by atoms with Gasteiger partial charge in [-0.15, -0.1) is 0 Å². The van der Waals surface area contributed by atoms with Crippen LogP contribution < -0.4 is 15.5 Å². The molecule has 7 nitrogen and oxygen atoms in total. The van der Waals surface area contributed by atoms with E-state index in [1.54, 1.807) is 6.20 Å². The van der Waals surface area contributed by atoms with Crippen molar-refractivity contribution in [3.63, 3.8) is 0 Å². The van der Waals surface area contributed by atoms with Crippen LogP contribution >= 0.6 is 0 Å². The Morgan fingerprint density at radius 1 is 1.17 bits per heavy atom. The topological polar surface area (TPSA) is 77.6 Å². The average molecular weight is 393 g/mol. The lowest BCUT2D eigenvalue weighted by Crippen LogP contribution is -2.48. The van der Waals surface area contributed by atoms with Crippen LogP contribution in [0.3, 0.4) is 0 Å². The van der Waals surface area contributed by atoms with Crippen molar-refractivity contribution in [2.24, 2.45) is 5.92 Å². The molecule has 7 heteroatoms. The monoisotopic (exact) mass is 393 g/mol. The smallest absolute Gasteiger partial charge is 0.239 e. The van der Waals surface area contributed by atoms with Crippen molar-refractivity contribution in [1.29, 1.82) is 0 Å². The number of nitrogens with zero attached hydrogens (tertiary/aromatic N) is 3. The summed E-state index contributed by atoms with van der Waals surface area (Å²) in [6, 6.07) is 14.1. The summed E-state index contributed by atoms with van der Waals surface area (Å²) in [4.78, 5) is 33.0. The molecule has 1 aromatic heterocycles. The van der Waals surface area contributed by atoms with Crippen molar-refractivity contribution in [2.45, 2.75) is 19.4 Å². The molecular weight excluding hydrogens is 366 g/mol. The second kappa shape index (κ2) is 9.05. The lowest BCUT2D eigenvalue weighted by molar-refractivity contribution is -0.122. The van der Waals surface area contributed by atoms with Crippen molar-refractivity contribution in [3.8, 4) is 0 Å². The van der Waals surface area contributed by atoms with Crippen molar-refractivity contribution >= 4 is 23.3 Å². The zero-order valence-electron chi connectivity index (χ0n) is 16.5. The summed E-state index contributed by atoms with van der Waals surface area (Å²) in [6.07, 6.45) is 3.61. The van der Waals surface area contributed by atoms with Gasteiger partial charge in [-0.3, -0.25) is 14.5 Å². The molecule has 2 aromatic rings. The van der Waals surface area contributed by atoms with Gasteiger partial charge in [0.05, 0.1) is 24.3 Å². The van der Waals surface area contributed by atoms with E-state index in [1.165, 1.54) is 5.56 Å². The Morgan fingerprint density at radius 2 is 2.03 bits per heavy atom. The maximum Gasteiger partial charge on any atom is 0.239 e. The fourth-order valence-electron chi connectivity index (χ4n) is 3.98. The van der Waals surface area contributed by atoms with Gasteiger partial charge in [-0.05, 0) is 37.1 Å². The van der Waals surface area contributed by atoms with Gasteiger partial charge >= 0.3 is 0 Å². The molecule has 2 fully saturated rings. The first-order valence-electron chi connectivity index (χ1n) is 10.2. The summed E-state index contributed by atoms with van der Waals surface area (Å²) < 4.78 is 0. The highest BCUT2D eigenvalue weighted by Crippen LogP contribution is 2.21. The second-order valence-electron chi connectivity index (χ2n) is 7.73. The normalized spacial score (nSPS) is 20.2. The Balaban J connectivity index is 1.32. The zero-order valence-corrected chi connectivity index (χ0v) is 16.5. The summed E-state index contributed by atoms with van der Waals surface area (Å²) in [5.74, 6) is 0.796. The molecule has 0 spiro atoms. The van der Waals surface area contributed by atoms with Crippen LogP contribution in [0, 0.1) is 5.92 Å². The Hall–Kier alpha value is -2.93. The van der Waals surface area contributed by atoms with E-state index in [4.69, 9.17) is 0 Å². The molecule has 2 N–H and O–H groups in total. The Morgan fingerprint density at radius 3 is 2.79 bits per heavy atom. The van der Waals surface area contributed by atoms with Crippen LogP contribution in [0.15, 0.2) is 48.7 Å². The molecule has 1 unspecified atom stereocenters. The second-order valence-corrected chi connectivity index (χ2v) is 7.73. The fraction of sp³-hybridized carbons (Fsp3) is 0.409. The summed E-state index contributed by atoms with van der Waals surface area (Å²) in [7, 11) is 0. The lowest BCUT2D eigenvalue weighted by atomic mass is 9.96. The van der Waals surface area contributed by atoms with Gasteiger partial charge in [0.15, 0.2) is 0 Å². The molecule has 1 atom stereocenters. The van der Waals surface area contributed by atoms with Crippen molar-refractivity contribution < 1.29 is 9.59 Å². The third-order valence-electron chi connectivity index (χ3n) is 5.50. The number of aromatic nitrogens is 1. The van der Waals surface area contributed by atoms with E-state index in [1.807, 2.05) is 23.1 Å². The van der Waals surface area contributed by atoms with Crippen LogP contribution in [-0.4, -0.2) is 54.4 Å². The number of carbonyl (C=O) groups excluding carboxylic acids is 2. The number of hydrogen-bond acceptors (Lipinski definition) is 5. The highest BCUT2D eigenvalue weighted by Gasteiger charge is 2.26. The van der Waals surface area contributed by atoms with Crippen LogP contribution in [0.25, 0.3) is 0 Å². The molecule has 2 aliphatic heterocycles. The minimum Gasteiger partial charge on any atom is -0.353 e. The minimum atomic E-state index is -0.0158. The van der Waals surface area contributed by atoms with E-state index in [9.17, 15) is 9.59 Å². The number of likely N-dealkylation sites (tertiary alicyclic amines) is 1. The van der Waals surface area contributed by atoms with Gasteiger partial charge in [-0.1, -0.05) is 30.3 Å². The first kappa shape index (κ1) is 19.4. The number of amides is 2. The number of rotatable bonds is 5. The SMILES string of the molecule is O=C1CN(c2ccc(NC(=O)C3CCCN(Cc4ccccc4)C3)cn2)CCN1. The van der Waals surface area contributed by atoms with Crippen molar-refractivity contribution in [2.75, 3.05) is 42.9 Å². The van der Waals surface area contributed by atoms with Gasteiger partial charge in [0.2, 0.25) is 11.8 Å². The summed E-state index contributed by atoms with van der Waals surface area (Å²) >= 11 is 0. The summed E-state index contributed by atoms with van der Waals surface area (Å²) in [5.41, 5.74) is 1.97. The molecule has 0 aliphatic carbocycles. The fourth-order valence-corrected chi connectivity index (χ4v) is 3.98. The number of pyridine rings is 1. The number of piperazine rings is 1.